The number of nitrogens with one attached hydrogen (secondary N) is 1. The molecule has 1 unspecified atom stereocenters. The Kier molecular flexibility index (Phi) is 14.3. The summed E-state index contributed by atoms with van der Waals surface area (Å²) >= 11 is 0. The molecule has 0 saturated carbocycles. The molecule has 0 heterocycles. The molecule has 0 aromatic rings. The van der Waals surface area contributed by atoms with Crippen molar-refractivity contribution >= 4 is 0 Å². The molecule has 0 aromatic heterocycles. The van der Waals surface area contributed by atoms with Crippen LogP contribution in [-0.2, 0) is 4.74 Å². The number of rotatable bonds is 14. The van der Waals surface area contributed by atoms with E-state index >= 15 is 0 Å². The van der Waals surface area contributed by atoms with E-state index in [4.69, 9.17) is 4.74 Å². The first-order valence-electron chi connectivity index (χ1n) is 8.49. The van der Waals surface area contributed by atoms with E-state index in [2.05, 4.69) is 33.0 Å². The number of hydrogen-bond donors (Lipinski definition) is 1. The Hall–Kier alpha value is -0.0800. The first kappa shape index (κ1) is 18.9. The highest BCUT2D eigenvalue weighted by Crippen LogP contribution is 2.13. The molecule has 0 aromatic carbocycles. The summed E-state index contributed by atoms with van der Waals surface area (Å²) in [5.41, 5.74) is 0. The predicted octanol–water partition coefficient (Wildman–Crippen LogP) is 4.64. The van der Waals surface area contributed by atoms with Gasteiger partial charge in [0.05, 0.1) is 0 Å². The average Bonchev–Trinajstić information content (AvgIpc) is 2.40. The fourth-order valence-electron chi connectivity index (χ4n) is 2.17. The van der Waals surface area contributed by atoms with Crippen LogP contribution >= 0.6 is 0 Å². The number of unbranched alkanes of at least 4 members (excludes halogenated alkanes) is 3. The molecule has 0 rings (SSSR count). The third kappa shape index (κ3) is 14.1. The second-order valence-electron chi connectivity index (χ2n) is 6.15. The standard InChI is InChI=1S/C17H37NO/c1-5-7-11-17(6-2)15-19-13-10-8-9-12-18-14-16(3)4/h16-18H,5-15H2,1-4H3. The summed E-state index contributed by atoms with van der Waals surface area (Å²) < 4.78 is 5.81. The van der Waals surface area contributed by atoms with Gasteiger partial charge in [-0.2, -0.15) is 0 Å². The molecule has 2 nitrogen and oxygen atoms in total. The summed E-state index contributed by atoms with van der Waals surface area (Å²) in [5, 5.41) is 3.49. The van der Waals surface area contributed by atoms with Crippen molar-refractivity contribution in [2.24, 2.45) is 11.8 Å². The van der Waals surface area contributed by atoms with E-state index in [0.29, 0.717) is 0 Å². The van der Waals surface area contributed by atoms with E-state index in [0.717, 1.165) is 38.1 Å². The van der Waals surface area contributed by atoms with E-state index in [-0.39, 0.29) is 0 Å². The second kappa shape index (κ2) is 14.3. The van der Waals surface area contributed by atoms with E-state index in [9.17, 15) is 0 Å². The first-order valence-corrected chi connectivity index (χ1v) is 8.49. The molecule has 0 amide bonds. The molecule has 0 aliphatic carbocycles. The maximum Gasteiger partial charge on any atom is 0.0494 e. The van der Waals surface area contributed by atoms with Crippen LogP contribution in [0.25, 0.3) is 0 Å². The van der Waals surface area contributed by atoms with Crippen LogP contribution in [0.15, 0.2) is 0 Å². The van der Waals surface area contributed by atoms with Gasteiger partial charge in [0.15, 0.2) is 0 Å². The van der Waals surface area contributed by atoms with Crippen LogP contribution in [0, 0.1) is 11.8 Å². The van der Waals surface area contributed by atoms with Crippen LogP contribution in [0.4, 0.5) is 0 Å². The Bertz CT molecular complexity index is 171. The lowest BCUT2D eigenvalue weighted by Gasteiger charge is -2.14. The molecule has 0 radical (unpaired) electrons. The Morgan fingerprint density at radius 3 is 2.42 bits per heavy atom. The Morgan fingerprint density at radius 1 is 1.00 bits per heavy atom. The maximum atomic E-state index is 5.81. The van der Waals surface area contributed by atoms with Crippen molar-refractivity contribution in [1.29, 1.82) is 0 Å². The van der Waals surface area contributed by atoms with Crippen molar-refractivity contribution in [2.75, 3.05) is 26.3 Å². The molecular weight excluding hydrogens is 234 g/mol. The van der Waals surface area contributed by atoms with Crippen molar-refractivity contribution in [2.45, 2.75) is 72.6 Å². The maximum absolute atomic E-state index is 5.81. The van der Waals surface area contributed by atoms with Gasteiger partial charge in [0, 0.05) is 13.2 Å². The van der Waals surface area contributed by atoms with Gasteiger partial charge in [-0.05, 0) is 50.6 Å². The molecule has 0 bridgehead atoms. The van der Waals surface area contributed by atoms with Crippen LogP contribution in [0.3, 0.4) is 0 Å². The number of ether oxygens (including phenoxy) is 1. The van der Waals surface area contributed by atoms with E-state index in [1.807, 2.05) is 0 Å². The van der Waals surface area contributed by atoms with E-state index in [1.165, 1.54) is 44.9 Å². The van der Waals surface area contributed by atoms with Gasteiger partial charge < -0.3 is 10.1 Å². The SMILES string of the molecule is CCCCC(CC)COCCCCCNCC(C)C. The van der Waals surface area contributed by atoms with E-state index in [1.54, 1.807) is 0 Å². The monoisotopic (exact) mass is 271 g/mol. The van der Waals surface area contributed by atoms with Gasteiger partial charge in [-0.25, -0.2) is 0 Å². The molecule has 1 N–H and O–H groups in total. The highest BCUT2D eigenvalue weighted by molar-refractivity contribution is 4.56. The largest absolute Gasteiger partial charge is 0.381 e. The van der Waals surface area contributed by atoms with Gasteiger partial charge in [0.1, 0.15) is 0 Å². The second-order valence-corrected chi connectivity index (χ2v) is 6.15. The van der Waals surface area contributed by atoms with Gasteiger partial charge in [-0.15, -0.1) is 0 Å². The fourth-order valence-corrected chi connectivity index (χ4v) is 2.17. The summed E-state index contributed by atoms with van der Waals surface area (Å²) in [4.78, 5) is 0. The Balaban J connectivity index is 3.20. The molecule has 0 spiro atoms. The molecule has 1 atom stereocenters. The van der Waals surface area contributed by atoms with Crippen LogP contribution in [-0.4, -0.2) is 26.3 Å². The quantitative estimate of drug-likeness (QED) is 0.465. The van der Waals surface area contributed by atoms with E-state index < -0.39 is 0 Å². The van der Waals surface area contributed by atoms with Crippen LogP contribution < -0.4 is 5.32 Å². The third-order valence-corrected chi connectivity index (χ3v) is 3.59. The van der Waals surface area contributed by atoms with Crippen molar-refractivity contribution in [3.8, 4) is 0 Å². The highest BCUT2D eigenvalue weighted by Gasteiger charge is 2.05. The van der Waals surface area contributed by atoms with Crippen molar-refractivity contribution in [3.63, 3.8) is 0 Å². The van der Waals surface area contributed by atoms with Crippen molar-refractivity contribution < 1.29 is 4.74 Å². The molecule has 19 heavy (non-hydrogen) atoms. The van der Waals surface area contributed by atoms with Crippen LogP contribution in [0.2, 0.25) is 0 Å². The lowest BCUT2D eigenvalue weighted by molar-refractivity contribution is 0.0909. The zero-order valence-electron chi connectivity index (χ0n) is 13.8. The zero-order valence-corrected chi connectivity index (χ0v) is 13.8. The minimum absolute atomic E-state index is 0.762. The highest BCUT2D eigenvalue weighted by atomic mass is 16.5. The molecule has 116 valence electrons. The number of hydrogen-bond acceptors (Lipinski definition) is 2. The molecule has 0 saturated heterocycles. The molecule has 0 aliphatic heterocycles. The zero-order chi connectivity index (χ0) is 14.3. The Morgan fingerprint density at radius 2 is 1.79 bits per heavy atom. The van der Waals surface area contributed by atoms with Gasteiger partial charge in [0.25, 0.3) is 0 Å². The fraction of sp³-hybridized carbons (Fsp3) is 1.00. The molecule has 2 heteroatoms. The molecule has 0 aliphatic rings. The average molecular weight is 271 g/mol. The van der Waals surface area contributed by atoms with Crippen molar-refractivity contribution in [3.05, 3.63) is 0 Å². The van der Waals surface area contributed by atoms with Gasteiger partial charge >= 0.3 is 0 Å². The van der Waals surface area contributed by atoms with Gasteiger partial charge in [-0.1, -0.05) is 47.0 Å². The summed E-state index contributed by atoms with van der Waals surface area (Å²) in [7, 11) is 0. The topological polar surface area (TPSA) is 21.3 Å². The predicted molar refractivity (Wildman–Crippen MR) is 85.7 cm³/mol. The lowest BCUT2D eigenvalue weighted by Crippen LogP contribution is -2.20. The molecular formula is C17H37NO. The van der Waals surface area contributed by atoms with Gasteiger partial charge in [-0.3, -0.25) is 0 Å². The van der Waals surface area contributed by atoms with Gasteiger partial charge in [0.2, 0.25) is 0 Å². The minimum atomic E-state index is 0.762. The summed E-state index contributed by atoms with van der Waals surface area (Å²) in [6.07, 6.45) is 9.04. The molecule has 0 fully saturated rings. The lowest BCUT2D eigenvalue weighted by atomic mass is 10.0. The van der Waals surface area contributed by atoms with Crippen LogP contribution in [0.5, 0.6) is 0 Å². The Labute approximate surface area is 121 Å². The van der Waals surface area contributed by atoms with Crippen LogP contribution in [0.1, 0.15) is 72.6 Å². The normalized spacial score (nSPS) is 13.1. The summed E-state index contributed by atoms with van der Waals surface area (Å²) in [6.45, 7) is 13.3. The summed E-state index contributed by atoms with van der Waals surface area (Å²) in [6, 6.07) is 0. The first-order chi connectivity index (χ1) is 9.20. The smallest absolute Gasteiger partial charge is 0.0494 e. The third-order valence-electron chi connectivity index (χ3n) is 3.59. The minimum Gasteiger partial charge on any atom is -0.381 e. The summed E-state index contributed by atoms with van der Waals surface area (Å²) in [5.74, 6) is 1.55. The van der Waals surface area contributed by atoms with Crippen molar-refractivity contribution in [1.82, 2.24) is 5.32 Å².